The Morgan fingerprint density at radius 2 is 2.05 bits per heavy atom. The predicted molar refractivity (Wildman–Crippen MR) is 74.5 cm³/mol. The molecule has 0 aromatic carbocycles. The van der Waals surface area contributed by atoms with Crippen LogP contribution in [0.15, 0.2) is 12.5 Å². The maximum atomic E-state index is 12.1. The van der Waals surface area contributed by atoms with E-state index in [-0.39, 0.29) is 5.91 Å². The molecular weight excluding hydrogens is 240 g/mol. The first-order valence-corrected chi connectivity index (χ1v) is 7.06. The number of amides is 1. The van der Waals surface area contributed by atoms with E-state index in [1.807, 2.05) is 23.3 Å². The number of nitrogens with two attached hydrogens (primary N) is 1. The van der Waals surface area contributed by atoms with Crippen molar-refractivity contribution in [1.29, 1.82) is 0 Å². The zero-order valence-corrected chi connectivity index (χ0v) is 11.9. The Morgan fingerprint density at radius 1 is 1.37 bits per heavy atom. The first kappa shape index (κ1) is 14.1. The van der Waals surface area contributed by atoms with Crippen molar-refractivity contribution in [1.82, 2.24) is 14.5 Å². The third-order valence-electron chi connectivity index (χ3n) is 3.65. The van der Waals surface area contributed by atoms with Gasteiger partial charge < -0.3 is 15.2 Å². The monoisotopic (exact) mass is 264 g/mol. The molecule has 1 saturated heterocycles. The van der Waals surface area contributed by atoms with Gasteiger partial charge in [-0.1, -0.05) is 0 Å². The molecule has 5 nitrogen and oxygen atoms in total. The molecule has 19 heavy (non-hydrogen) atoms. The van der Waals surface area contributed by atoms with Crippen molar-refractivity contribution in [2.75, 3.05) is 13.1 Å². The number of carbonyl (C=O) groups is 1. The molecule has 2 N–H and O–H groups in total. The van der Waals surface area contributed by atoms with Gasteiger partial charge in [0.25, 0.3) is 0 Å². The number of hydrogen-bond donors (Lipinski definition) is 1. The van der Waals surface area contributed by atoms with Crippen LogP contribution in [-0.4, -0.2) is 33.4 Å². The molecule has 0 bridgehead atoms. The van der Waals surface area contributed by atoms with E-state index >= 15 is 0 Å². The lowest BCUT2D eigenvalue weighted by Crippen LogP contribution is -2.36. The molecule has 1 aliphatic rings. The number of likely N-dealkylation sites (tertiary alicyclic amines) is 1. The minimum Gasteiger partial charge on any atom is -0.343 e. The minimum absolute atomic E-state index is 0.245. The number of nitrogens with zero attached hydrogens (tertiary/aromatic N) is 3. The summed E-state index contributed by atoms with van der Waals surface area (Å²) in [7, 11) is 0. The average Bonchev–Trinajstić information content (AvgIpc) is 2.85. The fourth-order valence-corrected chi connectivity index (χ4v) is 2.55. The van der Waals surface area contributed by atoms with E-state index in [0.717, 1.165) is 31.6 Å². The molecule has 0 aliphatic carbocycles. The Morgan fingerprint density at radius 3 is 2.68 bits per heavy atom. The van der Waals surface area contributed by atoms with Gasteiger partial charge in [0.2, 0.25) is 5.91 Å². The molecule has 0 atom stereocenters. The van der Waals surface area contributed by atoms with Gasteiger partial charge in [0, 0.05) is 32.3 Å². The van der Waals surface area contributed by atoms with Crippen molar-refractivity contribution in [3.05, 3.63) is 18.2 Å². The SMILES string of the molecule is CC(C)(N)c1cncn1CCC(=O)N1CCCCC1. The lowest BCUT2D eigenvalue weighted by atomic mass is 10.0. The van der Waals surface area contributed by atoms with Gasteiger partial charge in [0.15, 0.2) is 0 Å². The van der Waals surface area contributed by atoms with Gasteiger partial charge in [-0.25, -0.2) is 4.98 Å². The number of aromatic nitrogens is 2. The van der Waals surface area contributed by atoms with Gasteiger partial charge in [-0.3, -0.25) is 4.79 Å². The Hall–Kier alpha value is -1.36. The molecule has 106 valence electrons. The third-order valence-corrected chi connectivity index (χ3v) is 3.65. The summed E-state index contributed by atoms with van der Waals surface area (Å²) in [6.45, 7) is 6.39. The van der Waals surface area contributed by atoms with E-state index in [0.29, 0.717) is 13.0 Å². The molecular formula is C14H24N4O. The lowest BCUT2D eigenvalue weighted by molar-refractivity contribution is -0.132. The molecule has 0 spiro atoms. The number of carbonyl (C=O) groups excluding carboxylic acids is 1. The van der Waals surface area contributed by atoms with Crippen LogP contribution in [0.25, 0.3) is 0 Å². The van der Waals surface area contributed by atoms with E-state index in [9.17, 15) is 4.79 Å². The maximum Gasteiger partial charge on any atom is 0.224 e. The summed E-state index contributed by atoms with van der Waals surface area (Å²) in [5.41, 5.74) is 6.64. The molecule has 1 aliphatic heterocycles. The molecule has 1 aromatic rings. The summed E-state index contributed by atoms with van der Waals surface area (Å²) >= 11 is 0. The van der Waals surface area contributed by atoms with Crippen molar-refractivity contribution in [3.8, 4) is 0 Å². The van der Waals surface area contributed by atoms with Crippen LogP contribution in [0.1, 0.15) is 45.2 Å². The van der Waals surface area contributed by atoms with Crippen LogP contribution < -0.4 is 5.73 Å². The van der Waals surface area contributed by atoms with E-state index in [4.69, 9.17) is 5.73 Å². The summed E-state index contributed by atoms with van der Waals surface area (Å²) in [6, 6.07) is 0. The zero-order valence-electron chi connectivity index (χ0n) is 11.9. The predicted octanol–water partition coefficient (Wildman–Crippen LogP) is 1.48. The lowest BCUT2D eigenvalue weighted by Gasteiger charge is -2.27. The largest absolute Gasteiger partial charge is 0.343 e. The van der Waals surface area contributed by atoms with Crippen LogP contribution in [0.2, 0.25) is 0 Å². The fourth-order valence-electron chi connectivity index (χ4n) is 2.55. The summed E-state index contributed by atoms with van der Waals surface area (Å²) in [6.07, 6.45) is 7.59. The molecule has 0 radical (unpaired) electrons. The summed E-state index contributed by atoms with van der Waals surface area (Å²) < 4.78 is 1.99. The van der Waals surface area contributed by atoms with Crippen LogP contribution in [0.4, 0.5) is 0 Å². The Balaban J connectivity index is 1.92. The molecule has 2 rings (SSSR count). The molecule has 1 amide bonds. The highest BCUT2D eigenvalue weighted by atomic mass is 16.2. The molecule has 0 unspecified atom stereocenters. The van der Waals surface area contributed by atoms with Crippen LogP contribution in [0.5, 0.6) is 0 Å². The molecule has 1 fully saturated rings. The zero-order chi connectivity index (χ0) is 13.9. The molecule has 0 saturated carbocycles. The highest BCUT2D eigenvalue weighted by molar-refractivity contribution is 5.76. The standard InChI is InChI=1S/C14H24N4O/c1-14(2,15)12-10-16-11-18(12)9-6-13(19)17-7-4-3-5-8-17/h10-11H,3-9,15H2,1-2H3. The molecule has 5 heteroatoms. The number of hydrogen-bond acceptors (Lipinski definition) is 3. The second kappa shape index (κ2) is 5.74. The molecule has 1 aromatic heterocycles. The normalized spacial score (nSPS) is 16.7. The first-order valence-electron chi connectivity index (χ1n) is 7.06. The third kappa shape index (κ3) is 3.56. The van der Waals surface area contributed by atoms with Crippen LogP contribution in [0.3, 0.4) is 0 Å². The van der Waals surface area contributed by atoms with Crippen molar-refractivity contribution >= 4 is 5.91 Å². The van der Waals surface area contributed by atoms with Crippen molar-refractivity contribution in [2.45, 2.75) is 51.6 Å². The number of aryl methyl sites for hydroxylation is 1. The maximum absolute atomic E-state index is 12.1. The fraction of sp³-hybridized carbons (Fsp3) is 0.714. The second-order valence-electron chi connectivity index (χ2n) is 5.89. The average molecular weight is 264 g/mol. The van der Waals surface area contributed by atoms with E-state index < -0.39 is 5.54 Å². The summed E-state index contributed by atoms with van der Waals surface area (Å²) in [4.78, 5) is 18.2. The van der Waals surface area contributed by atoms with Gasteiger partial charge in [-0.15, -0.1) is 0 Å². The highest BCUT2D eigenvalue weighted by Crippen LogP contribution is 2.17. The first-order chi connectivity index (χ1) is 8.98. The second-order valence-corrected chi connectivity index (χ2v) is 5.89. The Kier molecular flexibility index (Phi) is 4.24. The van der Waals surface area contributed by atoms with Gasteiger partial charge in [0.1, 0.15) is 0 Å². The van der Waals surface area contributed by atoms with Crippen molar-refractivity contribution < 1.29 is 4.79 Å². The van der Waals surface area contributed by atoms with Crippen LogP contribution in [-0.2, 0) is 16.9 Å². The van der Waals surface area contributed by atoms with Crippen LogP contribution >= 0.6 is 0 Å². The number of imidazole rings is 1. The molecule has 2 heterocycles. The highest BCUT2D eigenvalue weighted by Gasteiger charge is 2.20. The smallest absolute Gasteiger partial charge is 0.224 e. The summed E-state index contributed by atoms with van der Waals surface area (Å²) in [5, 5.41) is 0. The van der Waals surface area contributed by atoms with Gasteiger partial charge >= 0.3 is 0 Å². The van der Waals surface area contributed by atoms with Gasteiger partial charge in [-0.2, -0.15) is 0 Å². The minimum atomic E-state index is -0.426. The topological polar surface area (TPSA) is 64.1 Å². The Bertz CT molecular complexity index is 427. The van der Waals surface area contributed by atoms with Crippen LogP contribution in [0, 0.1) is 0 Å². The van der Waals surface area contributed by atoms with Crippen molar-refractivity contribution in [2.24, 2.45) is 5.73 Å². The quantitative estimate of drug-likeness (QED) is 0.896. The van der Waals surface area contributed by atoms with Gasteiger partial charge in [-0.05, 0) is 33.1 Å². The summed E-state index contributed by atoms with van der Waals surface area (Å²) in [5.74, 6) is 0.245. The van der Waals surface area contributed by atoms with E-state index in [1.165, 1.54) is 6.42 Å². The van der Waals surface area contributed by atoms with Crippen molar-refractivity contribution in [3.63, 3.8) is 0 Å². The Labute approximate surface area is 114 Å². The van der Waals surface area contributed by atoms with Gasteiger partial charge in [0.05, 0.1) is 17.6 Å². The number of piperidine rings is 1. The number of rotatable bonds is 4. The van der Waals surface area contributed by atoms with E-state index in [2.05, 4.69) is 4.98 Å². The van der Waals surface area contributed by atoms with E-state index in [1.54, 1.807) is 12.5 Å².